The maximum Gasteiger partial charge on any atom is 0.175 e. The summed E-state index contributed by atoms with van der Waals surface area (Å²) >= 11 is 1.36. The minimum atomic E-state index is -1.45. The van der Waals surface area contributed by atoms with Crippen LogP contribution in [0.15, 0.2) is 65.5 Å². The van der Waals surface area contributed by atoms with Crippen LogP contribution in [0.1, 0.15) is 62.8 Å². The van der Waals surface area contributed by atoms with Gasteiger partial charge in [0.2, 0.25) is 0 Å². The van der Waals surface area contributed by atoms with E-state index in [1.54, 1.807) is 0 Å². The van der Waals surface area contributed by atoms with Gasteiger partial charge in [-0.1, -0.05) is 61.5 Å². The minimum Gasteiger partial charge on any atom is -0.393 e. The number of rotatable bonds is 5. The van der Waals surface area contributed by atoms with Crippen molar-refractivity contribution in [3.63, 3.8) is 0 Å². The molecule has 44 heavy (non-hydrogen) atoms. The summed E-state index contributed by atoms with van der Waals surface area (Å²) in [6, 6.07) is 16.2. The molecule has 4 aromatic rings. The zero-order valence-electron chi connectivity index (χ0n) is 25.6. The van der Waals surface area contributed by atoms with Crippen LogP contribution < -0.4 is 0 Å². The van der Waals surface area contributed by atoms with E-state index < -0.39 is 17.1 Å². The minimum absolute atomic E-state index is 0.0814. The molecule has 7 unspecified atom stereocenters. The molecule has 0 amide bonds. The standard InChI is InChI=1S/C36H40N4O3S/c1-21-8-4-7-11-28(21)40-29-16-23-12-13-24-25-14-15-36(43,31(42)20-44-33-38-26-9-5-6-10-27(26)39-33)35(25,3)18-30(41)32(24)34(23,2)17-22(29)19-37-40/h4-11,16,19,24-25,30,32,41,43H,12-15,17-18,20H2,1-3H3,(H,38,39). The topological polar surface area (TPSA) is 104 Å². The van der Waals surface area contributed by atoms with E-state index in [0.29, 0.717) is 18.0 Å². The molecule has 7 atom stereocenters. The Labute approximate surface area is 262 Å². The molecule has 7 nitrogen and oxygen atoms in total. The molecule has 228 valence electrons. The molecular formula is C36H40N4O3S. The number of ketones is 1. The average Bonchev–Trinajstić information content (AvgIpc) is 3.68. The van der Waals surface area contributed by atoms with E-state index in [-0.39, 0.29) is 34.7 Å². The number of allylic oxidation sites excluding steroid dienone is 1. The molecule has 4 aliphatic carbocycles. The third-order valence-electron chi connectivity index (χ3n) is 12.1. The van der Waals surface area contributed by atoms with Gasteiger partial charge in [-0.25, -0.2) is 9.67 Å². The number of benzene rings is 2. The summed E-state index contributed by atoms with van der Waals surface area (Å²) in [7, 11) is 0. The molecule has 0 aliphatic heterocycles. The number of carbonyl (C=O) groups excluding carboxylic acids is 1. The Hall–Kier alpha value is -3.20. The van der Waals surface area contributed by atoms with E-state index >= 15 is 0 Å². The van der Waals surface area contributed by atoms with Crippen LogP contribution in [0.4, 0.5) is 0 Å². The van der Waals surface area contributed by atoms with Gasteiger partial charge in [-0.3, -0.25) is 4.79 Å². The number of imidazole rings is 1. The van der Waals surface area contributed by atoms with Gasteiger partial charge in [0.05, 0.1) is 40.5 Å². The molecule has 4 aliphatic rings. The number of aliphatic hydroxyl groups excluding tert-OH is 1. The number of aliphatic hydroxyl groups is 2. The maximum absolute atomic E-state index is 13.8. The Morgan fingerprint density at radius 1 is 1.14 bits per heavy atom. The first-order valence-electron chi connectivity index (χ1n) is 16.0. The molecule has 8 rings (SSSR count). The molecule has 0 bridgehead atoms. The van der Waals surface area contributed by atoms with Gasteiger partial charge in [0.15, 0.2) is 10.9 Å². The molecule has 3 fully saturated rings. The molecule has 8 heteroatoms. The number of aromatic amines is 1. The lowest BCUT2D eigenvalue weighted by atomic mass is 9.45. The molecule has 2 heterocycles. The highest BCUT2D eigenvalue weighted by Gasteiger charge is 2.68. The molecule has 2 aromatic heterocycles. The second-order valence-electron chi connectivity index (χ2n) is 14.2. The predicted octanol–water partition coefficient (Wildman–Crippen LogP) is 6.30. The fourth-order valence-electron chi connectivity index (χ4n) is 9.89. The monoisotopic (exact) mass is 608 g/mol. The number of nitrogens with zero attached hydrogens (tertiary/aromatic N) is 3. The van der Waals surface area contributed by atoms with Crippen LogP contribution in [0, 0.1) is 35.5 Å². The zero-order valence-corrected chi connectivity index (χ0v) is 26.4. The highest BCUT2D eigenvalue weighted by atomic mass is 32.2. The van der Waals surface area contributed by atoms with Gasteiger partial charge in [-0.05, 0) is 104 Å². The van der Waals surface area contributed by atoms with Crippen molar-refractivity contribution in [3.8, 4) is 5.69 Å². The Bertz CT molecular complexity index is 1790. The number of thioether (sulfide) groups is 1. The van der Waals surface area contributed by atoms with E-state index in [1.807, 2.05) is 30.5 Å². The summed E-state index contributed by atoms with van der Waals surface area (Å²) in [6.45, 7) is 6.54. The number of H-pyrrole nitrogens is 1. The number of carbonyl (C=O) groups is 1. The smallest absolute Gasteiger partial charge is 0.175 e. The van der Waals surface area contributed by atoms with Crippen LogP contribution in [0.3, 0.4) is 0 Å². The molecule has 0 saturated heterocycles. The van der Waals surface area contributed by atoms with E-state index in [4.69, 9.17) is 5.10 Å². The van der Waals surface area contributed by atoms with Crippen LogP contribution in [-0.2, 0) is 11.2 Å². The van der Waals surface area contributed by atoms with Gasteiger partial charge >= 0.3 is 0 Å². The summed E-state index contributed by atoms with van der Waals surface area (Å²) in [5, 5.41) is 29.7. The van der Waals surface area contributed by atoms with E-state index in [1.165, 1.54) is 28.5 Å². The van der Waals surface area contributed by atoms with Crippen molar-refractivity contribution in [2.75, 3.05) is 5.75 Å². The maximum atomic E-state index is 13.8. The SMILES string of the molecule is Cc1ccccc1-n1ncc2c1C=C1CCC3C(C(O)CC4(C)C3CCC4(O)C(=O)CSc3nc4ccccc4[nH]3)C1(C)C2. The van der Waals surface area contributed by atoms with Gasteiger partial charge in [0.1, 0.15) is 5.60 Å². The molecule has 0 spiro atoms. The molecule has 2 aromatic carbocycles. The Morgan fingerprint density at radius 2 is 1.93 bits per heavy atom. The quantitative estimate of drug-likeness (QED) is 0.230. The van der Waals surface area contributed by atoms with Crippen molar-refractivity contribution in [1.29, 1.82) is 0 Å². The first kappa shape index (κ1) is 28.3. The molecule has 0 radical (unpaired) electrons. The van der Waals surface area contributed by atoms with Crippen LogP contribution in [0.2, 0.25) is 0 Å². The highest BCUT2D eigenvalue weighted by Crippen LogP contribution is 2.67. The van der Waals surface area contributed by atoms with Gasteiger partial charge in [0, 0.05) is 5.41 Å². The number of fused-ring (bicyclic) bond motifs is 7. The van der Waals surface area contributed by atoms with Crippen LogP contribution >= 0.6 is 11.8 Å². The Kier molecular flexibility index (Phi) is 6.36. The van der Waals surface area contributed by atoms with E-state index in [2.05, 4.69) is 65.8 Å². The number of para-hydroxylation sites is 3. The lowest BCUT2D eigenvalue weighted by Crippen LogP contribution is -2.62. The number of aromatic nitrogens is 4. The normalized spacial score (nSPS) is 34.2. The van der Waals surface area contributed by atoms with E-state index in [0.717, 1.165) is 48.1 Å². The van der Waals surface area contributed by atoms with Crippen molar-refractivity contribution < 1.29 is 15.0 Å². The summed E-state index contributed by atoms with van der Waals surface area (Å²) in [5.74, 6) is 0.533. The van der Waals surface area contributed by atoms with Gasteiger partial charge < -0.3 is 15.2 Å². The van der Waals surface area contributed by atoms with Gasteiger partial charge in [-0.15, -0.1) is 0 Å². The average molecular weight is 609 g/mol. The summed E-state index contributed by atoms with van der Waals surface area (Å²) in [4.78, 5) is 21.7. The highest BCUT2D eigenvalue weighted by molar-refractivity contribution is 7.99. The van der Waals surface area contributed by atoms with Crippen LogP contribution in [-0.4, -0.2) is 53.2 Å². The second-order valence-corrected chi connectivity index (χ2v) is 15.2. The van der Waals surface area contributed by atoms with Crippen molar-refractivity contribution in [1.82, 2.24) is 19.7 Å². The van der Waals surface area contributed by atoms with Crippen molar-refractivity contribution in [2.45, 2.75) is 76.2 Å². The van der Waals surface area contributed by atoms with Crippen LogP contribution in [0.25, 0.3) is 22.8 Å². The number of hydrogen-bond acceptors (Lipinski definition) is 6. The van der Waals surface area contributed by atoms with Crippen LogP contribution in [0.5, 0.6) is 0 Å². The third kappa shape index (κ3) is 3.93. The fourth-order valence-corrected chi connectivity index (χ4v) is 10.7. The summed E-state index contributed by atoms with van der Waals surface area (Å²) in [5.41, 5.74) is 5.58. The van der Waals surface area contributed by atoms with E-state index in [9.17, 15) is 15.0 Å². The van der Waals surface area contributed by atoms with Gasteiger partial charge in [0.25, 0.3) is 0 Å². The lowest BCUT2D eigenvalue weighted by Gasteiger charge is -2.60. The first-order chi connectivity index (χ1) is 21.1. The zero-order chi connectivity index (χ0) is 30.4. The first-order valence-corrected chi connectivity index (χ1v) is 17.0. The summed E-state index contributed by atoms with van der Waals surface area (Å²) < 4.78 is 2.07. The number of Topliss-reactive ketones (excluding diaryl/α,β-unsaturated/α-hetero) is 1. The Morgan fingerprint density at radius 3 is 2.75 bits per heavy atom. The number of nitrogens with one attached hydrogen (secondary N) is 1. The van der Waals surface area contributed by atoms with Gasteiger partial charge in [-0.2, -0.15) is 5.10 Å². The molecule has 3 saturated carbocycles. The summed E-state index contributed by atoms with van der Waals surface area (Å²) in [6.07, 6.45) is 8.24. The fraction of sp³-hybridized carbons (Fsp3) is 0.472. The van der Waals surface area contributed by atoms with Crippen molar-refractivity contribution in [2.24, 2.45) is 28.6 Å². The molecular weight excluding hydrogens is 568 g/mol. The molecule has 3 N–H and O–H groups in total. The largest absolute Gasteiger partial charge is 0.393 e. The number of aryl methyl sites for hydroxylation is 1. The Balaban J connectivity index is 1.06. The predicted molar refractivity (Wildman–Crippen MR) is 173 cm³/mol. The van der Waals surface area contributed by atoms with Crippen molar-refractivity contribution >= 4 is 34.7 Å². The van der Waals surface area contributed by atoms with Crippen molar-refractivity contribution in [3.05, 3.63) is 77.1 Å². The lowest BCUT2D eigenvalue weighted by molar-refractivity contribution is -0.177. The number of hydrogen-bond donors (Lipinski definition) is 3. The second kappa shape index (κ2) is 9.90. The third-order valence-corrected chi connectivity index (χ3v) is 13.0.